The van der Waals surface area contributed by atoms with Gasteiger partial charge in [0.05, 0.1) is 18.0 Å². The summed E-state index contributed by atoms with van der Waals surface area (Å²) in [5.74, 6) is -0.0590. The monoisotopic (exact) mass is 216 g/mol. The SMILES string of the molecule is NC(=S)CC(=O)N(CCO)C1CCC1. The smallest absolute Gasteiger partial charge is 0.229 e. The molecule has 0 aromatic carbocycles. The van der Waals surface area contributed by atoms with E-state index in [9.17, 15) is 4.79 Å². The lowest BCUT2D eigenvalue weighted by molar-refractivity contribution is -0.134. The molecule has 0 radical (unpaired) electrons. The van der Waals surface area contributed by atoms with Crippen molar-refractivity contribution in [2.24, 2.45) is 5.73 Å². The topological polar surface area (TPSA) is 66.6 Å². The van der Waals surface area contributed by atoms with Crippen LogP contribution in [0.25, 0.3) is 0 Å². The van der Waals surface area contributed by atoms with Gasteiger partial charge in [-0.15, -0.1) is 0 Å². The van der Waals surface area contributed by atoms with Gasteiger partial charge >= 0.3 is 0 Å². The summed E-state index contributed by atoms with van der Waals surface area (Å²) in [6, 6.07) is 0.295. The summed E-state index contributed by atoms with van der Waals surface area (Å²) in [6.45, 7) is 0.395. The van der Waals surface area contributed by atoms with Crippen LogP contribution in [0.15, 0.2) is 0 Å². The Labute approximate surface area is 89.1 Å². The number of carbonyl (C=O) groups is 1. The van der Waals surface area contributed by atoms with Crippen molar-refractivity contribution in [2.45, 2.75) is 31.7 Å². The number of thiocarbonyl (C=S) groups is 1. The summed E-state index contributed by atoms with van der Waals surface area (Å²) in [7, 11) is 0. The van der Waals surface area contributed by atoms with E-state index < -0.39 is 0 Å². The van der Waals surface area contributed by atoms with Crippen molar-refractivity contribution in [1.29, 1.82) is 0 Å². The predicted octanol–water partition coefficient (Wildman–Crippen LogP) is 0.0360. The molecule has 1 amide bonds. The van der Waals surface area contributed by atoms with Crippen molar-refractivity contribution in [1.82, 2.24) is 4.90 Å². The first-order chi connectivity index (χ1) is 6.65. The molecule has 1 rings (SSSR count). The van der Waals surface area contributed by atoms with Crippen LogP contribution < -0.4 is 5.73 Å². The van der Waals surface area contributed by atoms with Crippen molar-refractivity contribution < 1.29 is 9.90 Å². The van der Waals surface area contributed by atoms with Crippen LogP contribution in [-0.2, 0) is 4.79 Å². The average molecular weight is 216 g/mol. The Morgan fingerprint density at radius 1 is 1.57 bits per heavy atom. The minimum absolute atomic E-state index is 0.000423. The number of hydrogen-bond donors (Lipinski definition) is 2. The van der Waals surface area contributed by atoms with Gasteiger partial charge in [0.1, 0.15) is 0 Å². The van der Waals surface area contributed by atoms with Crippen LogP contribution in [-0.4, -0.2) is 40.1 Å². The molecule has 0 unspecified atom stereocenters. The lowest BCUT2D eigenvalue weighted by atomic mass is 9.91. The Kier molecular flexibility index (Phi) is 4.28. The standard InChI is InChI=1S/C9H16N2O2S/c10-8(14)6-9(13)11(4-5-12)7-2-1-3-7/h7,12H,1-6H2,(H2,10,14). The summed E-state index contributed by atoms with van der Waals surface area (Å²) < 4.78 is 0. The van der Waals surface area contributed by atoms with Gasteiger partial charge in [0.15, 0.2) is 0 Å². The zero-order chi connectivity index (χ0) is 10.6. The van der Waals surface area contributed by atoms with Gasteiger partial charge in [-0.3, -0.25) is 4.79 Å². The maximum Gasteiger partial charge on any atom is 0.229 e. The van der Waals surface area contributed by atoms with Gasteiger partial charge in [0, 0.05) is 12.6 Å². The molecule has 80 valence electrons. The molecule has 0 aromatic heterocycles. The fourth-order valence-corrected chi connectivity index (χ4v) is 1.69. The number of aliphatic hydroxyl groups is 1. The van der Waals surface area contributed by atoms with Crippen LogP contribution in [0, 0.1) is 0 Å². The number of nitrogens with two attached hydrogens (primary N) is 1. The maximum absolute atomic E-state index is 11.6. The second kappa shape index (κ2) is 5.26. The molecule has 4 nitrogen and oxygen atoms in total. The fraction of sp³-hybridized carbons (Fsp3) is 0.778. The molecule has 0 saturated heterocycles. The number of rotatable bonds is 5. The lowest BCUT2D eigenvalue weighted by Gasteiger charge is -2.37. The molecule has 5 heteroatoms. The molecule has 0 atom stereocenters. The van der Waals surface area contributed by atoms with Crippen molar-refractivity contribution in [3.63, 3.8) is 0 Å². The molecular formula is C9H16N2O2S. The Morgan fingerprint density at radius 3 is 2.57 bits per heavy atom. The second-order valence-corrected chi connectivity index (χ2v) is 4.06. The molecule has 1 aliphatic rings. The number of nitrogens with zero attached hydrogens (tertiary/aromatic N) is 1. The summed E-state index contributed by atoms with van der Waals surface area (Å²) in [4.78, 5) is 13.5. The van der Waals surface area contributed by atoms with Crippen LogP contribution in [0.5, 0.6) is 0 Å². The minimum Gasteiger partial charge on any atom is -0.395 e. The number of carbonyl (C=O) groups excluding carboxylic acids is 1. The summed E-state index contributed by atoms with van der Waals surface area (Å²) in [5, 5.41) is 8.83. The molecule has 0 aliphatic heterocycles. The van der Waals surface area contributed by atoms with Gasteiger partial charge < -0.3 is 15.7 Å². The number of aliphatic hydroxyl groups excluding tert-OH is 1. The highest BCUT2D eigenvalue weighted by atomic mass is 32.1. The van der Waals surface area contributed by atoms with E-state index in [1.54, 1.807) is 4.90 Å². The van der Waals surface area contributed by atoms with Gasteiger partial charge in [-0.05, 0) is 19.3 Å². The molecule has 0 bridgehead atoms. The van der Waals surface area contributed by atoms with E-state index in [1.165, 1.54) is 0 Å². The van der Waals surface area contributed by atoms with Gasteiger partial charge in [-0.25, -0.2) is 0 Å². The third-order valence-electron chi connectivity index (χ3n) is 2.50. The Bertz CT molecular complexity index is 229. The highest BCUT2D eigenvalue weighted by molar-refractivity contribution is 7.80. The minimum atomic E-state index is -0.0590. The third-order valence-corrected chi connectivity index (χ3v) is 2.65. The van der Waals surface area contributed by atoms with E-state index in [0.717, 1.165) is 19.3 Å². The van der Waals surface area contributed by atoms with Crippen LogP contribution in [0.3, 0.4) is 0 Å². The quantitative estimate of drug-likeness (QED) is 0.637. The molecule has 3 N–H and O–H groups in total. The van der Waals surface area contributed by atoms with E-state index in [4.69, 9.17) is 10.8 Å². The average Bonchev–Trinajstić information content (AvgIpc) is 1.98. The molecule has 1 saturated carbocycles. The molecule has 0 spiro atoms. The first-order valence-corrected chi connectivity index (χ1v) is 5.24. The van der Waals surface area contributed by atoms with Gasteiger partial charge in [0.25, 0.3) is 0 Å². The predicted molar refractivity (Wildman–Crippen MR) is 57.8 cm³/mol. The Balaban J connectivity index is 2.47. The highest BCUT2D eigenvalue weighted by Gasteiger charge is 2.28. The van der Waals surface area contributed by atoms with E-state index in [2.05, 4.69) is 12.2 Å². The largest absolute Gasteiger partial charge is 0.395 e. The molecule has 14 heavy (non-hydrogen) atoms. The van der Waals surface area contributed by atoms with Crippen LogP contribution in [0.2, 0.25) is 0 Å². The van der Waals surface area contributed by atoms with Gasteiger partial charge in [0.2, 0.25) is 5.91 Å². The third kappa shape index (κ3) is 2.92. The summed E-state index contributed by atoms with van der Waals surface area (Å²) >= 11 is 4.68. The second-order valence-electron chi connectivity index (χ2n) is 3.54. The first-order valence-electron chi connectivity index (χ1n) is 4.83. The van der Waals surface area contributed by atoms with Crippen LogP contribution in [0.1, 0.15) is 25.7 Å². The van der Waals surface area contributed by atoms with E-state index in [1.807, 2.05) is 0 Å². The molecular weight excluding hydrogens is 200 g/mol. The Hall–Kier alpha value is -0.680. The van der Waals surface area contributed by atoms with Crippen molar-refractivity contribution >= 4 is 23.1 Å². The molecule has 1 fully saturated rings. The van der Waals surface area contributed by atoms with E-state index in [-0.39, 0.29) is 23.9 Å². The summed E-state index contributed by atoms with van der Waals surface area (Å²) in [6.07, 6.45) is 3.34. The van der Waals surface area contributed by atoms with Crippen LogP contribution in [0.4, 0.5) is 0 Å². The van der Waals surface area contributed by atoms with E-state index >= 15 is 0 Å². The maximum atomic E-state index is 11.6. The fourth-order valence-electron chi connectivity index (χ4n) is 1.57. The van der Waals surface area contributed by atoms with Crippen molar-refractivity contribution in [3.8, 4) is 0 Å². The number of amides is 1. The van der Waals surface area contributed by atoms with E-state index in [0.29, 0.717) is 12.6 Å². The highest BCUT2D eigenvalue weighted by Crippen LogP contribution is 2.24. The molecule has 0 heterocycles. The zero-order valence-electron chi connectivity index (χ0n) is 8.11. The zero-order valence-corrected chi connectivity index (χ0v) is 8.92. The molecule has 1 aliphatic carbocycles. The summed E-state index contributed by atoms with van der Waals surface area (Å²) in [5.41, 5.74) is 5.31. The molecule has 0 aromatic rings. The van der Waals surface area contributed by atoms with Crippen molar-refractivity contribution in [3.05, 3.63) is 0 Å². The van der Waals surface area contributed by atoms with Crippen LogP contribution >= 0.6 is 12.2 Å². The van der Waals surface area contributed by atoms with Crippen molar-refractivity contribution in [2.75, 3.05) is 13.2 Å². The first kappa shape index (κ1) is 11.4. The Morgan fingerprint density at radius 2 is 2.21 bits per heavy atom. The normalized spacial score (nSPS) is 16.1. The lowest BCUT2D eigenvalue weighted by Crippen LogP contribution is -2.46. The number of hydrogen-bond acceptors (Lipinski definition) is 3. The van der Waals surface area contributed by atoms with Gasteiger partial charge in [-0.1, -0.05) is 12.2 Å². The van der Waals surface area contributed by atoms with Gasteiger partial charge in [-0.2, -0.15) is 0 Å².